The summed E-state index contributed by atoms with van der Waals surface area (Å²) in [6, 6.07) is 9.70. The summed E-state index contributed by atoms with van der Waals surface area (Å²) in [5.74, 6) is 0.374. The molecule has 0 amide bonds. The minimum Gasteiger partial charge on any atom is -0.496 e. The van der Waals surface area contributed by atoms with Crippen LogP contribution in [0.3, 0.4) is 0 Å². The number of nitrogens with zero attached hydrogens (tertiary/aromatic N) is 1. The number of likely N-dealkylation sites (tertiary alicyclic amines) is 1. The standard InChI is InChI=1S/C20H21Cl2NO4/c1-26-16-6-3-7-17(27-2)18(16)19(13-9-8-12(21)11-14(13)22)23-10-4-5-15(23)20(24)25/h3,6-9,11,15,19H,4-5,10H2,1-2H3,(H,24,25). The van der Waals surface area contributed by atoms with Crippen molar-refractivity contribution in [1.29, 1.82) is 0 Å². The Kier molecular flexibility index (Phi) is 6.15. The zero-order valence-corrected chi connectivity index (χ0v) is 16.6. The molecule has 2 aromatic rings. The largest absolute Gasteiger partial charge is 0.496 e. The number of hydrogen-bond donors (Lipinski definition) is 1. The quantitative estimate of drug-likeness (QED) is 0.752. The Hall–Kier alpha value is -1.95. The molecule has 2 unspecified atom stereocenters. The van der Waals surface area contributed by atoms with Crippen LogP contribution in [0.5, 0.6) is 11.5 Å². The summed E-state index contributed by atoms with van der Waals surface area (Å²) in [6.45, 7) is 0.627. The molecule has 1 aliphatic rings. The van der Waals surface area contributed by atoms with E-state index in [1.165, 1.54) is 0 Å². The van der Waals surface area contributed by atoms with Gasteiger partial charge in [-0.3, -0.25) is 9.69 Å². The number of carboxylic acids is 1. The molecule has 2 atom stereocenters. The van der Waals surface area contributed by atoms with Crippen LogP contribution in [0, 0.1) is 0 Å². The van der Waals surface area contributed by atoms with Gasteiger partial charge >= 0.3 is 5.97 Å². The fraction of sp³-hybridized carbons (Fsp3) is 0.350. The number of ether oxygens (including phenoxy) is 2. The topological polar surface area (TPSA) is 59.0 Å². The van der Waals surface area contributed by atoms with E-state index in [4.69, 9.17) is 32.7 Å². The lowest BCUT2D eigenvalue weighted by Gasteiger charge is -2.34. The van der Waals surface area contributed by atoms with Gasteiger partial charge in [0.15, 0.2) is 0 Å². The van der Waals surface area contributed by atoms with Crippen LogP contribution in [0.2, 0.25) is 10.0 Å². The van der Waals surface area contributed by atoms with Crippen LogP contribution in [0.1, 0.15) is 30.0 Å². The van der Waals surface area contributed by atoms with Crippen molar-refractivity contribution in [2.75, 3.05) is 20.8 Å². The fourth-order valence-corrected chi connectivity index (χ4v) is 4.25. The van der Waals surface area contributed by atoms with E-state index in [0.717, 1.165) is 17.5 Å². The third-order valence-electron chi connectivity index (χ3n) is 4.91. The van der Waals surface area contributed by atoms with Crippen molar-refractivity contribution in [2.45, 2.75) is 24.9 Å². The summed E-state index contributed by atoms with van der Waals surface area (Å²) in [7, 11) is 3.16. The molecule has 144 valence electrons. The first kappa shape index (κ1) is 19.8. The number of carboxylic acid groups (broad SMARTS) is 1. The van der Waals surface area contributed by atoms with Crippen LogP contribution in [0.15, 0.2) is 36.4 Å². The maximum atomic E-state index is 11.9. The van der Waals surface area contributed by atoms with E-state index >= 15 is 0 Å². The van der Waals surface area contributed by atoms with Crippen molar-refractivity contribution in [1.82, 2.24) is 4.90 Å². The summed E-state index contributed by atoms with van der Waals surface area (Å²) in [4.78, 5) is 13.8. The van der Waals surface area contributed by atoms with Gasteiger partial charge in [0.25, 0.3) is 0 Å². The average molecular weight is 410 g/mol. The number of rotatable bonds is 6. The Morgan fingerprint density at radius 2 is 1.85 bits per heavy atom. The number of benzene rings is 2. The molecule has 27 heavy (non-hydrogen) atoms. The van der Waals surface area contributed by atoms with E-state index in [0.29, 0.717) is 34.5 Å². The number of hydrogen-bond acceptors (Lipinski definition) is 4. The van der Waals surface area contributed by atoms with Crippen molar-refractivity contribution in [3.63, 3.8) is 0 Å². The molecular formula is C20H21Cl2NO4. The highest BCUT2D eigenvalue weighted by Crippen LogP contribution is 2.45. The summed E-state index contributed by atoms with van der Waals surface area (Å²) < 4.78 is 11.2. The van der Waals surface area contributed by atoms with Gasteiger partial charge in [-0.2, -0.15) is 0 Å². The van der Waals surface area contributed by atoms with Gasteiger partial charge in [-0.1, -0.05) is 35.3 Å². The normalized spacial score (nSPS) is 18.3. The maximum Gasteiger partial charge on any atom is 0.320 e. The fourth-order valence-electron chi connectivity index (χ4n) is 3.74. The third kappa shape index (κ3) is 3.86. The van der Waals surface area contributed by atoms with Crippen LogP contribution in [0.4, 0.5) is 0 Å². The van der Waals surface area contributed by atoms with Crippen molar-refractivity contribution in [3.05, 3.63) is 57.6 Å². The molecule has 0 radical (unpaired) electrons. The predicted molar refractivity (Wildman–Crippen MR) is 105 cm³/mol. The van der Waals surface area contributed by atoms with Crippen molar-refractivity contribution in [3.8, 4) is 11.5 Å². The van der Waals surface area contributed by atoms with E-state index in [1.54, 1.807) is 26.4 Å². The highest BCUT2D eigenvalue weighted by atomic mass is 35.5. The maximum absolute atomic E-state index is 11.9. The molecule has 1 heterocycles. The van der Waals surface area contributed by atoms with Crippen molar-refractivity contribution >= 4 is 29.2 Å². The molecule has 1 saturated heterocycles. The molecule has 0 aliphatic carbocycles. The van der Waals surface area contributed by atoms with E-state index in [1.807, 2.05) is 29.2 Å². The second-order valence-corrected chi connectivity index (χ2v) is 7.22. The first-order chi connectivity index (χ1) is 13.0. The van der Waals surface area contributed by atoms with Gasteiger partial charge in [0.2, 0.25) is 0 Å². The lowest BCUT2D eigenvalue weighted by molar-refractivity contribution is -0.142. The Bertz CT molecular complexity index is 820. The van der Waals surface area contributed by atoms with Crippen molar-refractivity contribution < 1.29 is 19.4 Å². The molecule has 0 spiro atoms. The zero-order chi connectivity index (χ0) is 19.6. The SMILES string of the molecule is COc1cccc(OC)c1C(c1ccc(Cl)cc1Cl)N1CCCC1C(=O)O. The first-order valence-electron chi connectivity index (χ1n) is 8.62. The third-order valence-corrected chi connectivity index (χ3v) is 5.47. The van der Waals surface area contributed by atoms with Gasteiger partial charge in [0.05, 0.1) is 25.8 Å². The molecule has 1 fully saturated rings. The Labute approximate surface area is 168 Å². The lowest BCUT2D eigenvalue weighted by atomic mass is 9.94. The van der Waals surface area contributed by atoms with E-state index in [-0.39, 0.29) is 0 Å². The summed E-state index contributed by atoms with van der Waals surface area (Å²) in [5.41, 5.74) is 1.51. The van der Waals surface area contributed by atoms with Crippen LogP contribution in [-0.4, -0.2) is 42.8 Å². The van der Waals surface area contributed by atoms with Gasteiger partial charge in [0, 0.05) is 16.6 Å². The number of carbonyl (C=O) groups is 1. The van der Waals surface area contributed by atoms with E-state index in [9.17, 15) is 9.90 Å². The molecule has 0 saturated carbocycles. The number of halogens is 2. The van der Waals surface area contributed by atoms with Crippen LogP contribution < -0.4 is 9.47 Å². The van der Waals surface area contributed by atoms with Crippen LogP contribution >= 0.6 is 23.2 Å². The zero-order valence-electron chi connectivity index (χ0n) is 15.1. The molecule has 7 heteroatoms. The monoisotopic (exact) mass is 409 g/mol. The van der Waals surface area contributed by atoms with Gasteiger partial charge in [0.1, 0.15) is 17.5 Å². The minimum atomic E-state index is -0.851. The Morgan fingerprint density at radius 3 is 2.41 bits per heavy atom. The first-order valence-corrected chi connectivity index (χ1v) is 9.38. The van der Waals surface area contributed by atoms with E-state index in [2.05, 4.69) is 0 Å². The van der Waals surface area contributed by atoms with Gasteiger partial charge < -0.3 is 14.6 Å². The summed E-state index contributed by atoms with van der Waals surface area (Å²) >= 11 is 12.6. The number of aliphatic carboxylic acids is 1. The van der Waals surface area contributed by atoms with Gasteiger partial charge in [-0.25, -0.2) is 0 Å². The molecule has 0 bridgehead atoms. The lowest BCUT2D eigenvalue weighted by Crippen LogP contribution is -2.39. The highest BCUT2D eigenvalue weighted by molar-refractivity contribution is 6.35. The highest BCUT2D eigenvalue weighted by Gasteiger charge is 2.39. The molecule has 2 aromatic carbocycles. The summed E-state index contributed by atoms with van der Waals surface area (Å²) in [6.07, 6.45) is 1.37. The van der Waals surface area contributed by atoms with Crippen molar-refractivity contribution in [2.24, 2.45) is 0 Å². The Balaban J connectivity index is 2.24. The van der Waals surface area contributed by atoms with Gasteiger partial charge in [-0.05, 0) is 42.7 Å². The Morgan fingerprint density at radius 1 is 1.19 bits per heavy atom. The molecule has 5 nitrogen and oxygen atoms in total. The summed E-state index contributed by atoms with van der Waals surface area (Å²) in [5, 5.41) is 10.7. The molecular weight excluding hydrogens is 389 g/mol. The predicted octanol–water partition coefficient (Wildman–Crippen LogP) is 4.65. The molecule has 1 N–H and O–H groups in total. The second-order valence-electron chi connectivity index (χ2n) is 6.38. The molecule has 3 rings (SSSR count). The van der Waals surface area contributed by atoms with Crippen LogP contribution in [0.25, 0.3) is 0 Å². The van der Waals surface area contributed by atoms with Gasteiger partial charge in [-0.15, -0.1) is 0 Å². The second kappa shape index (κ2) is 8.38. The smallest absolute Gasteiger partial charge is 0.320 e. The molecule has 0 aromatic heterocycles. The van der Waals surface area contributed by atoms with Crippen LogP contribution in [-0.2, 0) is 4.79 Å². The molecule has 1 aliphatic heterocycles. The minimum absolute atomic E-state index is 0.440. The van der Waals surface area contributed by atoms with E-state index < -0.39 is 18.1 Å². The number of methoxy groups -OCH3 is 2. The average Bonchev–Trinajstić information content (AvgIpc) is 3.13.